The summed E-state index contributed by atoms with van der Waals surface area (Å²) in [6.07, 6.45) is 3.91. The lowest BCUT2D eigenvalue weighted by atomic mass is 10.2. The van der Waals surface area contributed by atoms with Crippen molar-refractivity contribution in [2.75, 3.05) is 11.1 Å². The molecule has 0 spiro atoms. The Bertz CT molecular complexity index is 558. The lowest BCUT2D eigenvalue weighted by molar-refractivity contribution is 0.102. The molecule has 2 aromatic rings. The molecule has 0 aliphatic heterocycles. The van der Waals surface area contributed by atoms with Crippen LogP contribution in [0.25, 0.3) is 0 Å². The Labute approximate surface area is 105 Å². The van der Waals surface area contributed by atoms with E-state index in [9.17, 15) is 4.79 Å². The molecule has 94 valence electrons. The van der Waals surface area contributed by atoms with Crippen LogP contribution in [-0.2, 0) is 13.5 Å². The molecule has 0 saturated heterocycles. The van der Waals surface area contributed by atoms with Gasteiger partial charge in [0.25, 0.3) is 5.91 Å². The van der Waals surface area contributed by atoms with Gasteiger partial charge in [-0.3, -0.25) is 9.48 Å². The molecule has 2 heterocycles. The van der Waals surface area contributed by atoms with Gasteiger partial charge in [-0.05, 0) is 18.6 Å². The zero-order valence-corrected chi connectivity index (χ0v) is 10.3. The van der Waals surface area contributed by atoms with Crippen LogP contribution in [0.2, 0.25) is 0 Å². The first kappa shape index (κ1) is 12.1. The van der Waals surface area contributed by atoms with Crippen molar-refractivity contribution in [1.82, 2.24) is 14.8 Å². The normalized spacial score (nSPS) is 10.3. The number of rotatable bonds is 3. The van der Waals surface area contributed by atoms with E-state index in [2.05, 4.69) is 15.4 Å². The SMILES string of the molecule is CCc1nn(C)cc1C(=O)Nc1ccc(N)cn1. The number of aromatic nitrogens is 3. The lowest BCUT2D eigenvalue weighted by Crippen LogP contribution is -2.14. The fraction of sp³-hybridized carbons (Fsp3) is 0.250. The van der Waals surface area contributed by atoms with E-state index in [0.29, 0.717) is 23.5 Å². The molecule has 1 amide bonds. The monoisotopic (exact) mass is 245 g/mol. The maximum Gasteiger partial charge on any atom is 0.260 e. The van der Waals surface area contributed by atoms with Crippen molar-refractivity contribution in [2.45, 2.75) is 13.3 Å². The van der Waals surface area contributed by atoms with E-state index in [1.165, 1.54) is 6.20 Å². The number of nitrogens with zero attached hydrogens (tertiary/aromatic N) is 3. The van der Waals surface area contributed by atoms with Gasteiger partial charge in [0.05, 0.1) is 23.1 Å². The number of nitrogens with one attached hydrogen (secondary N) is 1. The van der Waals surface area contributed by atoms with Crippen molar-refractivity contribution in [3.63, 3.8) is 0 Å². The zero-order chi connectivity index (χ0) is 13.1. The number of carbonyl (C=O) groups is 1. The van der Waals surface area contributed by atoms with Crippen LogP contribution in [-0.4, -0.2) is 20.7 Å². The Kier molecular flexibility index (Phi) is 3.27. The van der Waals surface area contributed by atoms with Crippen LogP contribution in [0, 0.1) is 0 Å². The average molecular weight is 245 g/mol. The van der Waals surface area contributed by atoms with Gasteiger partial charge in [0, 0.05) is 13.2 Å². The summed E-state index contributed by atoms with van der Waals surface area (Å²) < 4.78 is 1.63. The predicted molar refractivity (Wildman–Crippen MR) is 69.2 cm³/mol. The van der Waals surface area contributed by atoms with E-state index in [4.69, 9.17) is 5.73 Å². The zero-order valence-electron chi connectivity index (χ0n) is 10.3. The largest absolute Gasteiger partial charge is 0.397 e. The van der Waals surface area contributed by atoms with E-state index in [0.717, 1.165) is 5.69 Å². The molecule has 2 rings (SSSR count). The molecule has 0 radical (unpaired) electrons. The molecule has 0 bridgehead atoms. The van der Waals surface area contributed by atoms with Crippen LogP contribution in [0.1, 0.15) is 23.0 Å². The molecule has 6 heteroatoms. The Morgan fingerprint density at radius 2 is 2.28 bits per heavy atom. The van der Waals surface area contributed by atoms with Crippen LogP contribution in [0.3, 0.4) is 0 Å². The molecule has 0 saturated carbocycles. The van der Waals surface area contributed by atoms with Gasteiger partial charge in [0.15, 0.2) is 0 Å². The molecule has 0 aliphatic carbocycles. The van der Waals surface area contributed by atoms with Gasteiger partial charge in [-0.15, -0.1) is 0 Å². The fourth-order valence-corrected chi connectivity index (χ4v) is 1.65. The van der Waals surface area contributed by atoms with Gasteiger partial charge >= 0.3 is 0 Å². The van der Waals surface area contributed by atoms with Crippen LogP contribution < -0.4 is 11.1 Å². The minimum Gasteiger partial charge on any atom is -0.397 e. The lowest BCUT2D eigenvalue weighted by Gasteiger charge is -2.03. The maximum absolute atomic E-state index is 12.1. The molecular weight excluding hydrogens is 230 g/mol. The summed E-state index contributed by atoms with van der Waals surface area (Å²) in [6.45, 7) is 1.96. The van der Waals surface area contributed by atoms with E-state index < -0.39 is 0 Å². The first-order valence-electron chi connectivity index (χ1n) is 5.65. The van der Waals surface area contributed by atoms with Crippen molar-refractivity contribution in [2.24, 2.45) is 7.05 Å². The minimum atomic E-state index is -0.211. The topological polar surface area (TPSA) is 85.8 Å². The summed E-state index contributed by atoms with van der Waals surface area (Å²) in [7, 11) is 1.79. The number of aryl methyl sites for hydroxylation is 2. The smallest absolute Gasteiger partial charge is 0.260 e. The highest BCUT2D eigenvalue weighted by Gasteiger charge is 2.14. The number of nitrogens with two attached hydrogens (primary N) is 1. The Morgan fingerprint density at radius 3 is 2.89 bits per heavy atom. The second kappa shape index (κ2) is 4.87. The Hall–Kier alpha value is -2.37. The summed E-state index contributed by atoms with van der Waals surface area (Å²) in [4.78, 5) is 16.1. The van der Waals surface area contributed by atoms with E-state index in [1.54, 1.807) is 30.1 Å². The van der Waals surface area contributed by atoms with Gasteiger partial charge in [-0.25, -0.2) is 4.98 Å². The molecule has 0 aromatic carbocycles. The third kappa shape index (κ3) is 2.48. The van der Waals surface area contributed by atoms with Crippen LogP contribution >= 0.6 is 0 Å². The second-order valence-corrected chi connectivity index (χ2v) is 3.95. The molecule has 0 aliphatic rings. The summed E-state index contributed by atoms with van der Waals surface area (Å²) in [5.74, 6) is 0.261. The molecule has 3 N–H and O–H groups in total. The van der Waals surface area contributed by atoms with Crippen molar-refractivity contribution < 1.29 is 4.79 Å². The third-order valence-electron chi connectivity index (χ3n) is 2.51. The summed E-state index contributed by atoms with van der Waals surface area (Å²) in [5, 5.41) is 6.94. The number of amides is 1. The first-order chi connectivity index (χ1) is 8.60. The molecule has 18 heavy (non-hydrogen) atoms. The minimum absolute atomic E-state index is 0.211. The highest BCUT2D eigenvalue weighted by molar-refractivity contribution is 6.04. The average Bonchev–Trinajstić information content (AvgIpc) is 2.73. The second-order valence-electron chi connectivity index (χ2n) is 3.95. The fourth-order valence-electron chi connectivity index (χ4n) is 1.65. The van der Waals surface area contributed by atoms with Crippen LogP contribution in [0.5, 0.6) is 0 Å². The van der Waals surface area contributed by atoms with Gasteiger partial charge in [-0.1, -0.05) is 6.92 Å². The molecule has 2 aromatic heterocycles. The summed E-state index contributed by atoms with van der Waals surface area (Å²) >= 11 is 0. The van der Waals surface area contributed by atoms with Gasteiger partial charge < -0.3 is 11.1 Å². The van der Waals surface area contributed by atoms with E-state index in [1.807, 2.05) is 6.92 Å². The molecule has 0 unspecified atom stereocenters. The van der Waals surface area contributed by atoms with Crippen LogP contribution in [0.4, 0.5) is 11.5 Å². The van der Waals surface area contributed by atoms with Crippen molar-refractivity contribution in [3.8, 4) is 0 Å². The number of carbonyl (C=O) groups excluding carboxylic acids is 1. The van der Waals surface area contributed by atoms with Crippen molar-refractivity contribution in [3.05, 3.63) is 35.8 Å². The first-order valence-corrected chi connectivity index (χ1v) is 5.65. The molecule has 0 fully saturated rings. The third-order valence-corrected chi connectivity index (χ3v) is 2.51. The van der Waals surface area contributed by atoms with Gasteiger partial charge in [0.2, 0.25) is 0 Å². The van der Waals surface area contributed by atoms with Crippen molar-refractivity contribution in [1.29, 1.82) is 0 Å². The Balaban J connectivity index is 2.19. The molecular formula is C12H15N5O. The number of hydrogen-bond acceptors (Lipinski definition) is 4. The van der Waals surface area contributed by atoms with Gasteiger partial charge in [0.1, 0.15) is 5.82 Å². The van der Waals surface area contributed by atoms with E-state index >= 15 is 0 Å². The van der Waals surface area contributed by atoms with Crippen molar-refractivity contribution >= 4 is 17.4 Å². The highest BCUT2D eigenvalue weighted by atomic mass is 16.1. The number of pyridine rings is 1. The number of anilines is 2. The van der Waals surface area contributed by atoms with Crippen LogP contribution in [0.15, 0.2) is 24.5 Å². The molecule has 6 nitrogen and oxygen atoms in total. The summed E-state index contributed by atoms with van der Waals surface area (Å²) in [5.41, 5.74) is 7.43. The molecule has 0 atom stereocenters. The summed E-state index contributed by atoms with van der Waals surface area (Å²) in [6, 6.07) is 3.35. The van der Waals surface area contributed by atoms with E-state index in [-0.39, 0.29) is 5.91 Å². The Morgan fingerprint density at radius 1 is 1.50 bits per heavy atom. The highest BCUT2D eigenvalue weighted by Crippen LogP contribution is 2.11. The van der Waals surface area contributed by atoms with Gasteiger partial charge in [-0.2, -0.15) is 5.10 Å². The predicted octanol–water partition coefficient (Wildman–Crippen LogP) is 1.21. The number of hydrogen-bond donors (Lipinski definition) is 2. The standard InChI is InChI=1S/C12H15N5O/c1-3-10-9(7-17(2)16-10)12(18)15-11-5-4-8(13)6-14-11/h4-7H,3,13H2,1-2H3,(H,14,15,18). The maximum atomic E-state index is 12.1. The number of nitrogen functional groups attached to an aromatic ring is 1. The quantitative estimate of drug-likeness (QED) is 0.851.